The van der Waals surface area contributed by atoms with E-state index >= 15 is 0 Å². The van der Waals surface area contributed by atoms with Gasteiger partial charge in [-0.3, -0.25) is 15.0 Å². The van der Waals surface area contributed by atoms with Gasteiger partial charge in [-0.15, -0.1) is 0 Å². The van der Waals surface area contributed by atoms with Crippen LogP contribution in [0.25, 0.3) is 0 Å². The number of primary amides is 1. The van der Waals surface area contributed by atoms with Crippen LogP contribution in [0.5, 0.6) is 5.75 Å². The first-order valence-corrected chi connectivity index (χ1v) is 6.46. The second-order valence-electron chi connectivity index (χ2n) is 4.84. The van der Waals surface area contributed by atoms with Crippen molar-refractivity contribution in [1.82, 2.24) is 0 Å². The number of anilines is 2. The Hall–Kier alpha value is -3.09. The molecule has 3 N–H and O–H groups in total. The van der Waals surface area contributed by atoms with E-state index in [9.17, 15) is 20.0 Å². The number of nitro benzene ring substituents is 1. The van der Waals surface area contributed by atoms with Gasteiger partial charge in [-0.05, 0) is 31.0 Å². The van der Waals surface area contributed by atoms with Gasteiger partial charge in [0.25, 0.3) is 5.69 Å². The van der Waals surface area contributed by atoms with Crippen LogP contribution < -0.4 is 10.6 Å². The molecule has 2 aromatic carbocycles. The molecule has 0 atom stereocenters. The average molecular weight is 301 g/mol. The molecule has 0 unspecified atom stereocenters. The van der Waals surface area contributed by atoms with E-state index in [1.165, 1.54) is 12.1 Å². The van der Waals surface area contributed by atoms with Crippen LogP contribution in [0.15, 0.2) is 36.4 Å². The smallest absolute Gasteiger partial charge is 0.324 e. The molecule has 0 aliphatic rings. The number of amides is 2. The van der Waals surface area contributed by atoms with Crippen molar-refractivity contribution in [3.8, 4) is 5.75 Å². The number of nitrogens with zero attached hydrogens (tertiary/aromatic N) is 2. The van der Waals surface area contributed by atoms with E-state index in [1.807, 2.05) is 6.07 Å². The summed E-state index contributed by atoms with van der Waals surface area (Å²) in [4.78, 5) is 23.1. The zero-order chi connectivity index (χ0) is 16.4. The minimum Gasteiger partial charge on any atom is -0.505 e. The van der Waals surface area contributed by atoms with Gasteiger partial charge >= 0.3 is 6.03 Å². The summed E-state index contributed by atoms with van der Waals surface area (Å²) in [5, 5.41) is 20.8. The molecule has 114 valence electrons. The van der Waals surface area contributed by atoms with Crippen molar-refractivity contribution in [2.75, 3.05) is 4.90 Å². The fourth-order valence-electron chi connectivity index (χ4n) is 2.32. The summed E-state index contributed by atoms with van der Waals surface area (Å²) in [5.74, 6) is -0.393. The number of aryl methyl sites for hydroxylation is 2. The van der Waals surface area contributed by atoms with Crippen molar-refractivity contribution in [3.05, 3.63) is 57.6 Å². The quantitative estimate of drug-likeness (QED) is 0.670. The molecule has 2 aromatic rings. The molecule has 0 heterocycles. The van der Waals surface area contributed by atoms with Crippen LogP contribution in [0, 0.1) is 24.0 Å². The lowest BCUT2D eigenvalue weighted by molar-refractivity contribution is -0.384. The number of phenols is 1. The van der Waals surface area contributed by atoms with Crippen LogP contribution in [0.3, 0.4) is 0 Å². The third-order valence-electron chi connectivity index (χ3n) is 3.29. The number of hydrogen-bond donors (Lipinski definition) is 2. The summed E-state index contributed by atoms with van der Waals surface area (Å²) in [6.45, 7) is 3.61. The number of urea groups is 1. The lowest BCUT2D eigenvalue weighted by Crippen LogP contribution is -2.32. The van der Waals surface area contributed by atoms with Gasteiger partial charge in [0.1, 0.15) is 5.75 Å². The van der Waals surface area contributed by atoms with Crippen molar-refractivity contribution < 1.29 is 14.8 Å². The Morgan fingerprint density at radius 3 is 2.27 bits per heavy atom. The molecule has 0 saturated heterocycles. The highest BCUT2D eigenvalue weighted by molar-refractivity contribution is 6.01. The summed E-state index contributed by atoms with van der Waals surface area (Å²) in [5.41, 5.74) is 7.39. The Kier molecular flexibility index (Phi) is 3.98. The van der Waals surface area contributed by atoms with Gasteiger partial charge in [0.15, 0.2) is 0 Å². The number of nitrogens with two attached hydrogens (primary N) is 1. The van der Waals surface area contributed by atoms with Crippen LogP contribution in [0.4, 0.5) is 21.9 Å². The maximum Gasteiger partial charge on any atom is 0.324 e. The summed E-state index contributed by atoms with van der Waals surface area (Å²) in [6.07, 6.45) is 0. The fraction of sp³-hybridized carbons (Fsp3) is 0.133. The van der Waals surface area contributed by atoms with E-state index < -0.39 is 16.7 Å². The molecule has 0 aliphatic heterocycles. The van der Waals surface area contributed by atoms with E-state index in [-0.39, 0.29) is 11.4 Å². The minimum absolute atomic E-state index is 0.0931. The number of para-hydroxylation sites is 1. The highest BCUT2D eigenvalue weighted by Gasteiger charge is 2.23. The van der Waals surface area contributed by atoms with Gasteiger partial charge in [-0.25, -0.2) is 4.79 Å². The van der Waals surface area contributed by atoms with Crippen LogP contribution in [-0.2, 0) is 0 Å². The van der Waals surface area contributed by atoms with Crippen molar-refractivity contribution in [3.63, 3.8) is 0 Å². The number of hydrogen-bond acceptors (Lipinski definition) is 4. The number of aromatic hydroxyl groups is 1. The van der Waals surface area contributed by atoms with Gasteiger partial charge in [-0.1, -0.05) is 18.2 Å². The summed E-state index contributed by atoms with van der Waals surface area (Å²) in [7, 11) is 0. The number of carbonyl (C=O) groups is 1. The van der Waals surface area contributed by atoms with E-state index in [1.54, 1.807) is 26.0 Å². The summed E-state index contributed by atoms with van der Waals surface area (Å²) in [6, 6.07) is 8.15. The number of carbonyl (C=O) groups excluding carboxylic acids is 1. The Labute approximate surface area is 126 Å². The second-order valence-corrected chi connectivity index (χ2v) is 4.84. The van der Waals surface area contributed by atoms with Crippen molar-refractivity contribution in [2.45, 2.75) is 13.8 Å². The molecule has 7 nitrogen and oxygen atoms in total. The number of rotatable bonds is 3. The summed E-state index contributed by atoms with van der Waals surface area (Å²) < 4.78 is 0. The van der Waals surface area contributed by atoms with Crippen LogP contribution in [0.1, 0.15) is 11.1 Å². The Balaban J connectivity index is 2.64. The van der Waals surface area contributed by atoms with Crippen LogP contribution in [0.2, 0.25) is 0 Å². The first-order chi connectivity index (χ1) is 10.3. The Bertz CT molecular complexity index is 738. The molecule has 0 aliphatic carbocycles. The van der Waals surface area contributed by atoms with Gasteiger partial charge in [-0.2, -0.15) is 0 Å². The van der Waals surface area contributed by atoms with Crippen molar-refractivity contribution in [1.29, 1.82) is 0 Å². The largest absolute Gasteiger partial charge is 0.505 e. The molecule has 0 fully saturated rings. The molecule has 0 radical (unpaired) electrons. The van der Waals surface area contributed by atoms with Gasteiger partial charge in [0.05, 0.1) is 22.4 Å². The van der Waals surface area contributed by atoms with E-state index in [0.717, 1.165) is 22.1 Å². The third kappa shape index (κ3) is 2.69. The number of nitro groups is 1. The van der Waals surface area contributed by atoms with Gasteiger partial charge in [0, 0.05) is 6.07 Å². The Morgan fingerprint density at radius 2 is 1.82 bits per heavy atom. The van der Waals surface area contributed by atoms with Crippen LogP contribution in [-0.4, -0.2) is 16.1 Å². The minimum atomic E-state index is -0.790. The topological polar surface area (TPSA) is 110 Å². The first kappa shape index (κ1) is 15.3. The maximum absolute atomic E-state index is 11.9. The molecule has 22 heavy (non-hydrogen) atoms. The average Bonchev–Trinajstić information content (AvgIpc) is 2.43. The standard InChI is InChI=1S/C15H15N3O4/c1-9-4-3-5-10(2)14(9)17(15(16)20)12-7-6-11(18(21)22)8-13(12)19/h3-8,19H,1-2H3,(H2,16,20). The molecule has 2 rings (SSSR count). The maximum atomic E-state index is 11.9. The van der Waals surface area contributed by atoms with E-state index in [4.69, 9.17) is 5.73 Å². The predicted molar refractivity (Wildman–Crippen MR) is 82.4 cm³/mol. The third-order valence-corrected chi connectivity index (χ3v) is 3.29. The molecular formula is C15H15N3O4. The fourth-order valence-corrected chi connectivity index (χ4v) is 2.32. The monoisotopic (exact) mass is 301 g/mol. The SMILES string of the molecule is Cc1cccc(C)c1N(C(N)=O)c1ccc([N+](=O)[O-])cc1O. The van der Waals surface area contributed by atoms with Gasteiger partial charge in [0.2, 0.25) is 0 Å². The lowest BCUT2D eigenvalue weighted by Gasteiger charge is -2.25. The number of non-ortho nitro benzene ring substituents is 1. The second kappa shape index (κ2) is 5.72. The Morgan fingerprint density at radius 1 is 1.23 bits per heavy atom. The molecule has 0 bridgehead atoms. The molecule has 2 amide bonds. The highest BCUT2D eigenvalue weighted by atomic mass is 16.6. The van der Waals surface area contributed by atoms with Gasteiger partial charge < -0.3 is 10.8 Å². The van der Waals surface area contributed by atoms with E-state index in [0.29, 0.717) is 5.69 Å². The van der Waals surface area contributed by atoms with Crippen molar-refractivity contribution >= 4 is 23.1 Å². The molecule has 7 heteroatoms. The molecule has 0 spiro atoms. The molecule has 0 aromatic heterocycles. The summed E-state index contributed by atoms with van der Waals surface area (Å²) >= 11 is 0. The molecule has 0 saturated carbocycles. The zero-order valence-electron chi connectivity index (χ0n) is 12.1. The first-order valence-electron chi connectivity index (χ1n) is 6.46. The molecular weight excluding hydrogens is 286 g/mol. The zero-order valence-corrected chi connectivity index (χ0v) is 12.1. The van der Waals surface area contributed by atoms with E-state index in [2.05, 4.69) is 0 Å². The predicted octanol–water partition coefficient (Wildman–Crippen LogP) is 3.13. The van der Waals surface area contributed by atoms with Crippen molar-refractivity contribution in [2.24, 2.45) is 5.73 Å². The van der Waals surface area contributed by atoms with Crippen LogP contribution >= 0.6 is 0 Å². The number of phenolic OH excluding ortho intramolecular Hbond substituents is 1. The normalized spacial score (nSPS) is 10.3. The highest BCUT2D eigenvalue weighted by Crippen LogP contribution is 2.38. The lowest BCUT2D eigenvalue weighted by atomic mass is 10.1. The number of benzene rings is 2.